The first-order chi connectivity index (χ1) is 12.4. The van der Waals surface area contributed by atoms with Gasteiger partial charge in [0.2, 0.25) is 0 Å². The fourth-order valence-electron chi connectivity index (χ4n) is 3.55. The molecule has 0 atom stereocenters. The van der Waals surface area contributed by atoms with Crippen LogP contribution < -0.4 is 0 Å². The standard InChI is InChI=1S/C24H16N/c1-2-8-18(9-3-1)19-14-16-20(17-15-19)25-23-12-6-4-10-21(23)22-11-5-7-13-24(22)25/h1-12,14-17H. The number of fused-ring (bicyclic) bond motifs is 3. The summed E-state index contributed by atoms with van der Waals surface area (Å²) in [5, 5.41) is 2.51. The first-order valence-corrected chi connectivity index (χ1v) is 8.47. The summed E-state index contributed by atoms with van der Waals surface area (Å²) in [6.45, 7) is 0. The van der Waals surface area contributed by atoms with Crippen LogP contribution in [0.4, 0.5) is 0 Å². The van der Waals surface area contributed by atoms with Crippen molar-refractivity contribution in [3.63, 3.8) is 0 Å². The van der Waals surface area contributed by atoms with Crippen molar-refractivity contribution in [3.05, 3.63) is 103 Å². The second-order valence-corrected chi connectivity index (χ2v) is 6.20. The van der Waals surface area contributed by atoms with Crippen molar-refractivity contribution in [3.8, 4) is 16.8 Å². The zero-order valence-corrected chi connectivity index (χ0v) is 13.7. The van der Waals surface area contributed by atoms with Crippen LogP contribution in [0.2, 0.25) is 0 Å². The fourth-order valence-corrected chi connectivity index (χ4v) is 3.55. The smallest absolute Gasteiger partial charge is 0.0620 e. The quantitative estimate of drug-likeness (QED) is 0.362. The van der Waals surface area contributed by atoms with Gasteiger partial charge in [-0.2, -0.15) is 0 Å². The molecule has 0 amide bonds. The Balaban J connectivity index is 1.73. The molecule has 0 fully saturated rings. The zero-order valence-electron chi connectivity index (χ0n) is 13.7. The lowest BCUT2D eigenvalue weighted by molar-refractivity contribution is 1.18. The molecule has 4 aromatic carbocycles. The van der Waals surface area contributed by atoms with Crippen molar-refractivity contribution in [2.45, 2.75) is 0 Å². The van der Waals surface area contributed by atoms with E-state index >= 15 is 0 Å². The molecule has 25 heavy (non-hydrogen) atoms. The molecular formula is C24H16N. The van der Waals surface area contributed by atoms with Gasteiger partial charge in [0.1, 0.15) is 0 Å². The van der Waals surface area contributed by atoms with Crippen LogP contribution in [0.5, 0.6) is 0 Å². The summed E-state index contributed by atoms with van der Waals surface area (Å²) in [7, 11) is 0. The summed E-state index contributed by atoms with van der Waals surface area (Å²) in [4.78, 5) is 0. The van der Waals surface area contributed by atoms with Gasteiger partial charge in [0.15, 0.2) is 0 Å². The van der Waals surface area contributed by atoms with Crippen LogP contribution in [-0.4, -0.2) is 4.57 Å². The zero-order chi connectivity index (χ0) is 16.6. The number of benzene rings is 4. The number of nitrogens with zero attached hydrogens (tertiary/aromatic N) is 1. The summed E-state index contributed by atoms with van der Waals surface area (Å²) >= 11 is 0. The van der Waals surface area contributed by atoms with E-state index in [1.807, 2.05) is 12.1 Å². The van der Waals surface area contributed by atoms with E-state index in [-0.39, 0.29) is 0 Å². The second-order valence-electron chi connectivity index (χ2n) is 6.20. The monoisotopic (exact) mass is 318 g/mol. The number of rotatable bonds is 2. The summed E-state index contributed by atoms with van der Waals surface area (Å²) in [6.07, 6.45) is 0. The van der Waals surface area contributed by atoms with Gasteiger partial charge >= 0.3 is 0 Å². The molecule has 1 nitrogen and oxygen atoms in total. The molecule has 0 N–H and O–H groups in total. The van der Waals surface area contributed by atoms with Gasteiger partial charge in [0, 0.05) is 22.5 Å². The average Bonchev–Trinajstić information content (AvgIpc) is 3.03. The van der Waals surface area contributed by atoms with Gasteiger partial charge < -0.3 is 4.57 Å². The van der Waals surface area contributed by atoms with Crippen LogP contribution in [0.1, 0.15) is 0 Å². The van der Waals surface area contributed by atoms with E-state index in [0.717, 1.165) is 11.2 Å². The van der Waals surface area contributed by atoms with Gasteiger partial charge in [-0.25, -0.2) is 0 Å². The van der Waals surface area contributed by atoms with Crippen molar-refractivity contribution >= 4 is 21.8 Å². The lowest BCUT2D eigenvalue weighted by atomic mass is 10.1. The van der Waals surface area contributed by atoms with Crippen molar-refractivity contribution in [1.82, 2.24) is 4.57 Å². The lowest BCUT2D eigenvalue weighted by Gasteiger charge is -2.09. The summed E-state index contributed by atoms with van der Waals surface area (Å²) in [5.41, 5.74) is 5.97. The third-order valence-corrected chi connectivity index (χ3v) is 4.73. The molecule has 0 saturated carbocycles. The van der Waals surface area contributed by atoms with Crippen LogP contribution >= 0.6 is 0 Å². The van der Waals surface area contributed by atoms with Gasteiger partial charge in [-0.1, -0.05) is 78.9 Å². The van der Waals surface area contributed by atoms with E-state index in [9.17, 15) is 0 Å². The van der Waals surface area contributed by atoms with Crippen molar-refractivity contribution < 1.29 is 0 Å². The summed E-state index contributed by atoms with van der Waals surface area (Å²) in [5.74, 6) is 0. The highest BCUT2D eigenvalue weighted by Crippen LogP contribution is 2.32. The molecule has 0 aliphatic rings. The minimum absolute atomic E-state index is 1.12. The number of para-hydroxylation sites is 2. The highest BCUT2D eigenvalue weighted by molar-refractivity contribution is 6.08. The largest absolute Gasteiger partial charge is 0.309 e. The molecule has 0 aliphatic heterocycles. The topological polar surface area (TPSA) is 4.93 Å². The Morgan fingerprint density at radius 3 is 2.08 bits per heavy atom. The van der Waals surface area contributed by atoms with Crippen LogP contribution in [-0.2, 0) is 0 Å². The van der Waals surface area contributed by atoms with Crippen LogP contribution in [0.15, 0.2) is 97.1 Å². The van der Waals surface area contributed by atoms with Crippen molar-refractivity contribution in [1.29, 1.82) is 0 Å². The molecule has 1 heteroatoms. The predicted molar refractivity (Wildman–Crippen MR) is 105 cm³/mol. The highest BCUT2D eigenvalue weighted by Gasteiger charge is 2.11. The van der Waals surface area contributed by atoms with E-state index < -0.39 is 0 Å². The molecule has 0 unspecified atom stereocenters. The Bertz CT molecular complexity index is 1110. The Morgan fingerprint density at radius 2 is 1.24 bits per heavy atom. The minimum Gasteiger partial charge on any atom is -0.309 e. The summed E-state index contributed by atoms with van der Waals surface area (Å²) < 4.78 is 2.29. The maximum atomic E-state index is 3.42. The van der Waals surface area contributed by atoms with Crippen molar-refractivity contribution in [2.24, 2.45) is 0 Å². The molecule has 0 aliphatic carbocycles. The number of hydrogen-bond acceptors (Lipinski definition) is 0. The predicted octanol–water partition coefficient (Wildman–Crippen LogP) is 6.25. The highest BCUT2D eigenvalue weighted by atomic mass is 15.0. The van der Waals surface area contributed by atoms with Gasteiger partial charge in [-0.15, -0.1) is 0 Å². The molecule has 117 valence electrons. The Hall–Kier alpha value is -3.32. The molecule has 0 saturated heterocycles. The van der Waals surface area contributed by atoms with Gasteiger partial charge in [-0.3, -0.25) is 0 Å². The molecule has 0 bridgehead atoms. The van der Waals surface area contributed by atoms with Gasteiger partial charge in [0.05, 0.1) is 11.0 Å². The normalized spacial score (nSPS) is 11.2. The first kappa shape index (κ1) is 14.1. The molecule has 5 rings (SSSR count). The van der Waals surface area contributed by atoms with E-state index in [4.69, 9.17) is 0 Å². The Morgan fingerprint density at radius 1 is 0.560 bits per heavy atom. The molecule has 1 heterocycles. The maximum Gasteiger partial charge on any atom is 0.0620 e. The second kappa shape index (κ2) is 5.64. The minimum atomic E-state index is 1.12. The Kier molecular flexibility index (Phi) is 3.17. The first-order valence-electron chi connectivity index (χ1n) is 8.47. The van der Waals surface area contributed by atoms with Crippen LogP contribution in [0.3, 0.4) is 0 Å². The maximum absolute atomic E-state index is 3.42. The van der Waals surface area contributed by atoms with Gasteiger partial charge in [-0.05, 0) is 29.3 Å². The third kappa shape index (κ3) is 2.25. The van der Waals surface area contributed by atoms with E-state index in [1.54, 1.807) is 0 Å². The van der Waals surface area contributed by atoms with Crippen molar-refractivity contribution in [2.75, 3.05) is 0 Å². The fraction of sp³-hybridized carbons (Fsp3) is 0. The van der Waals surface area contributed by atoms with E-state index in [1.165, 1.54) is 27.4 Å². The van der Waals surface area contributed by atoms with E-state index in [0.29, 0.717) is 0 Å². The van der Waals surface area contributed by atoms with Crippen LogP contribution in [0.25, 0.3) is 38.6 Å². The third-order valence-electron chi connectivity index (χ3n) is 4.73. The number of aromatic nitrogens is 1. The molecule has 0 spiro atoms. The molecule has 1 radical (unpaired) electrons. The molecule has 5 aromatic rings. The van der Waals surface area contributed by atoms with Gasteiger partial charge in [0.25, 0.3) is 0 Å². The summed E-state index contributed by atoms with van der Waals surface area (Å²) in [6, 6.07) is 37.4. The molecule has 1 aromatic heterocycles. The Labute approximate surface area is 146 Å². The SMILES string of the molecule is [c]1cccc2c3ccccc3n(-c3ccc(-c4ccccc4)cc3)c12. The van der Waals surface area contributed by atoms with E-state index in [2.05, 4.69) is 95.6 Å². The average molecular weight is 318 g/mol. The van der Waals surface area contributed by atoms with Crippen LogP contribution in [0, 0.1) is 6.07 Å². The number of hydrogen-bond donors (Lipinski definition) is 0. The lowest BCUT2D eigenvalue weighted by Crippen LogP contribution is -1.93. The molecular weight excluding hydrogens is 302 g/mol.